The van der Waals surface area contributed by atoms with Gasteiger partial charge in [0.15, 0.2) is 5.03 Å². The van der Waals surface area contributed by atoms with E-state index in [0.29, 0.717) is 17.9 Å². The zero-order valence-corrected chi connectivity index (χ0v) is 21.2. The van der Waals surface area contributed by atoms with Crippen molar-refractivity contribution in [2.24, 2.45) is 0 Å². The number of hydrogen-bond donors (Lipinski definition) is 3. The first-order chi connectivity index (χ1) is 17.8. The van der Waals surface area contributed by atoms with Gasteiger partial charge < -0.3 is 10.4 Å². The predicted molar refractivity (Wildman–Crippen MR) is 143 cm³/mol. The molecular weight excluding hydrogens is 488 g/mol. The minimum atomic E-state index is -3.94. The van der Waals surface area contributed by atoms with Gasteiger partial charge in [0.1, 0.15) is 12.4 Å². The molecule has 4 rings (SSSR count). The molecule has 0 bridgehead atoms. The first-order valence-electron chi connectivity index (χ1n) is 11.9. The Morgan fingerprint density at radius 3 is 2.41 bits per heavy atom. The zero-order chi connectivity index (χ0) is 26.3. The third-order valence-electron chi connectivity index (χ3n) is 5.82. The Kier molecular flexibility index (Phi) is 8.27. The third kappa shape index (κ3) is 6.99. The molecule has 0 aliphatic rings. The summed E-state index contributed by atoms with van der Waals surface area (Å²) in [6.45, 7) is 1.82. The van der Waals surface area contributed by atoms with Crippen LogP contribution in [0.4, 0.5) is 5.82 Å². The maximum atomic E-state index is 13.1. The van der Waals surface area contributed by atoms with Crippen LogP contribution in [0.15, 0.2) is 96.2 Å². The number of aromatic nitrogens is 2. The number of carboxylic acids is 1. The quantitative estimate of drug-likeness (QED) is 0.269. The van der Waals surface area contributed by atoms with Crippen molar-refractivity contribution in [2.75, 3.05) is 11.9 Å². The van der Waals surface area contributed by atoms with Gasteiger partial charge in [-0.25, -0.2) is 23.1 Å². The number of aryl methyl sites for hydroxylation is 1. The Hall–Kier alpha value is -4.08. The van der Waals surface area contributed by atoms with Crippen LogP contribution in [0.3, 0.4) is 0 Å². The summed E-state index contributed by atoms with van der Waals surface area (Å²) in [5.74, 6) is -0.683. The van der Waals surface area contributed by atoms with E-state index in [2.05, 4.69) is 45.1 Å². The van der Waals surface area contributed by atoms with Crippen molar-refractivity contribution in [1.82, 2.24) is 14.7 Å². The number of carbonyl (C=O) groups is 1. The number of pyridine rings is 2. The molecule has 0 radical (unpaired) electrons. The lowest BCUT2D eigenvalue weighted by Crippen LogP contribution is -2.31. The molecule has 2 aromatic heterocycles. The Morgan fingerprint density at radius 2 is 1.70 bits per heavy atom. The van der Waals surface area contributed by atoms with Crippen molar-refractivity contribution in [3.63, 3.8) is 0 Å². The van der Waals surface area contributed by atoms with Crippen LogP contribution in [-0.2, 0) is 27.7 Å². The first kappa shape index (κ1) is 26.0. The van der Waals surface area contributed by atoms with Gasteiger partial charge in [0.2, 0.25) is 0 Å². The fourth-order valence-corrected chi connectivity index (χ4v) is 5.07. The van der Waals surface area contributed by atoms with E-state index in [4.69, 9.17) is 5.11 Å². The van der Waals surface area contributed by atoms with E-state index in [1.807, 2.05) is 30.3 Å². The van der Waals surface area contributed by atoms with Gasteiger partial charge in [-0.2, -0.15) is 0 Å². The van der Waals surface area contributed by atoms with Gasteiger partial charge in [-0.3, -0.25) is 4.79 Å². The summed E-state index contributed by atoms with van der Waals surface area (Å²) >= 11 is 0. The molecule has 2 aromatic carbocycles. The maximum Gasteiger partial charge on any atom is 0.322 e. The second-order valence-electron chi connectivity index (χ2n) is 8.49. The average Bonchev–Trinajstić information content (AvgIpc) is 2.92. The maximum absolute atomic E-state index is 13.1. The number of nitrogens with zero attached hydrogens (tertiary/aromatic N) is 2. The SMILES string of the molecule is CCc1cccc(-c2ccc(CC(NS(=O)(=O)c3ccccn3)c3cccc(NCC(=O)O)n3)cc2)c1. The molecule has 8 nitrogen and oxygen atoms in total. The molecule has 0 spiro atoms. The third-order valence-corrected chi connectivity index (χ3v) is 7.21. The number of benzene rings is 2. The molecule has 4 aromatic rings. The van der Waals surface area contributed by atoms with Gasteiger partial charge in [0.25, 0.3) is 10.0 Å². The van der Waals surface area contributed by atoms with E-state index in [-0.39, 0.29) is 11.6 Å². The predicted octanol–water partition coefficient (Wildman–Crippen LogP) is 4.46. The second kappa shape index (κ2) is 11.8. The van der Waals surface area contributed by atoms with Crippen LogP contribution in [0.1, 0.15) is 29.8 Å². The lowest BCUT2D eigenvalue weighted by Gasteiger charge is -2.19. The van der Waals surface area contributed by atoms with Crippen LogP contribution in [-0.4, -0.2) is 36.0 Å². The van der Waals surface area contributed by atoms with Crippen molar-refractivity contribution in [3.05, 3.63) is 108 Å². The van der Waals surface area contributed by atoms with Crippen LogP contribution >= 0.6 is 0 Å². The van der Waals surface area contributed by atoms with Crippen LogP contribution in [0.5, 0.6) is 0 Å². The van der Waals surface area contributed by atoms with E-state index < -0.39 is 22.0 Å². The van der Waals surface area contributed by atoms with Gasteiger partial charge in [0.05, 0.1) is 11.7 Å². The summed E-state index contributed by atoms with van der Waals surface area (Å²) in [5, 5.41) is 11.6. The highest BCUT2D eigenvalue weighted by Crippen LogP contribution is 2.25. The monoisotopic (exact) mass is 516 g/mol. The minimum Gasteiger partial charge on any atom is -0.480 e. The van der Waals surface area contributed by atoms with Crippen molar-refractivity contribution < 1.29 is 18.3 Å². The molecule has 37 heavy (non-hydrogen) atoms. The highest BCUT2D eigenvalue weighted by molar-refractivity contribution is 7.89. The van der Waals surface area contributed by atoms with Gasteiger partial charge in [0, 0.05) is 6.20 Å². The molecule has 0 aliphatic heterocycles. The Morgan fingerprint density at radius 1 is 0.919 bits per heavy atom. The molecule has 0 aliphatic carbocycles. The molecule has 0 saturated carbocycles. The van der Waals surface area contributed by atoms with E-state index in [9.17, 15) is 13.2 Å². The summed E-state index contributed by atoms with van der Waals surface area (Å²) in [6.07, 6.45) is 2.71. The topological polar surface area (TPSA) is 121 Å². The second-order valence-corrected chi connectivity index (χ2v) is 10.2. The molecule has 0 fully saturated rings. The Bertz CT molecular complexity index is 1460. The molecule has 1 unspecified atom stereocenters. The molecule has 190 valence electrons. The highest BCUT2D eigenvalue weighted by atomic mass is 32.2. The number of carboxylic acid groups (broad SMARTS) is 1. The fourth-order valence-electron chi connectivity index (χ4n) is 3.91. The molecule has 2 heterocycles. The number of hydrogen-bond acceptors (Lipinski definition) is 6. The van der Waals surface area contributed by atoms with Crippen LogP contribution in [0, 0.1) is 0 Å². The summed E-state index contributed by atoms with van der Waals surface area (Å²) in [4.78, 5) is 19.4. The minimum absolute atomic E-state index is 0.0914. The summed E-state index contributed by atoms with van der Waals surface area (Å²) in [7, 11) is -3.94. The zero-order valence-electron chi connectivity index (χ0n) is 20.3. The molecule has 3 N–H and O–H groups in total. The summed E-state index contributed by atoms with van der Waals surface area (Å²) in [6, 6.07) is 25.4. The standard InChI is InChI=1S/C28H28N4O4S/c1-2-20-7-5-8-23(17-20)22-14-12-21(13-15-22)18-25(32-37(35,36)27-11-3-4-16-29-27)24-9-6-10-26(31-24)30-19-28(33)34/h3-17,25,32H,2,18-19H2,1H3,(H,30,31)(H,33,34). The van der Waals surface area contributed by atoms with Crippen molar-refractivity contribution in [3.8, 4) is 11.1 Å². The van der Waals surface area contributed by atoms with Crippen molar-refractivity contribution >= 4 is 21.8 Å². The van der Waals surface area contributed by atoms with E-state index >= 15 is 0 Å². The largest absolute Gasteiger partial charge is 0.480 e. The van der Waals surface area contributed by atoms with Gasteiger partial charge in [-0.1, -0.05) is 67.6 Å². The summed E-state index contributed by atoms with van der Waals surface area (Å²) in [5.41, 5.74) is 4.82. The van der Waals surface area contributed by atoms with E-state index in [1.165, 1.54) is 17.8 Å². The smallest absolute Gasteiger partial charge is 0.322 e. The summed E-state index contributed by atoms with van der Waals surface area (Å²) < 4.78 is 29.0. The molecular formula is C28H28N4O4S. The van der Waals surface area contributed by atoms with Gasteiger partial charge in [-0.15, -0.1) is 0 Å². The lowest BCUT2D eigenvalue weighted by molar-refractivity contribution is -0.134. The Labute approximate surface area is 216 Å². The van der Waals surface area contributed by atoms with Gasteiger partial charge in [-0.05, 0) is 59.4 Å². The number of anilines is 1. The number of aliphatic carboxylic acids is 1. The van der Waals surface area contributed by atoms with E-state index in [0.717, 1.165) is 23.1 Å². The highest BCUT2D eigenvalue weighted by Gasteiger charge is 2.24. The van der Waals surface area contributed by atoms with E-state index in [1.54, 1.807) is 30.3 Å². The molecule has 9 heteroatoms. The number of rotatable bonds is 11. The Balaban J connectivity index is 1.62. The number of sulfonamides is 1. The first-order valence-corrected chi connectivity index (χ1v) is 13.4. The number of nitrogens with one attached hydrogen (secondary N) is 2. The normalized spacial score (nSPS) is 12.1. The van der Waals surface area contributed by atoms with Crippen LogP contribution < -0.4 is 10.0 Å². The molecule has 0 saturated heterocycles. The average molecular weight is 517 g/mol. The van der Waals surface area contributed by atoms with Crippen molar-refractivity contribution in [1.29, 1.82) is 0 Å². The molecule has 1 atom stereocenters. The van der Waals surface area contributed by atoms with Crippen molar-refractivity contribution in [2.45, 2.75) is 30.8 Å². The lowest BCUT2D eigenvalue weighted by atomic mass is 9.98. The van der Waals surface area contributed by atoms with Crippen LogP contribution in [0.25, 0.3) is 11.1 Å². The van der Waals surface area contributed by atoms with Crippen LogP contribution in [0.2, 0.25) is 0 Å². The molecule has 0 amide bonds. The van der Waals surface area contributed by atoms with Gasteiger partial charge >= 0.3 is 5.97 Å². The fraction of sp³-hybridized carbons (Fsp3) is 0.179.